The van der Waals surface area contributed by atoms with Crippen molar-refractivity contribution < 1.29 is 4.74 Å². The van der Waals surface area contributed by atoms with Crippen molar-refractivity contribution in [3.63, 3.8) is 0 Å². The minimum Gasteiger partial charge on any atom is -0.381 e. The molecule has 1 aromatic carbocycles. The van der Waals surface area contributed by atoms with Gasteiger partial charge in [-0.25, -0.2) is 0 Å². The lowest BCUT2D eigenvalue weighted by molar-refractivity contribution is 0.0855. The highest BCUT2D eigenvalue weighted by molar-refractivity contribution is 6.32. The topological polar surface area (TPSA) is 36.3 Å². The van der Waals surface area contributed by atoms with Crippen molar-refractivity contribution in [3.05, 3.63) is 28.8 Å². The molecule has 1 fully saturated rings. The van der Waals surface area contributed by atoms with Gasteiger partial charge < -0.3 is 9.64 Å². The summed E-state index contributed by atoms with van der Waals surface area (Å²) in [6, 6.07) is 8.18. The molecular weight excluding hydrogens is 236 g/mol. The second-order valence-electron chi connectivity index (χ2n) is 4.20. The molecular formula is C13H15ClN2O. The number of hydrogen-bond donors (Lipinski definition) is 0. The smallest absolute Gasteiger partial charge is 0.103 e. The molecule has 0 amide bonds. The lowest BCUT2D eigenvalue weighted by Gasteiger charge is -2.33. The van der Waals surface area contributed by atoms with E-state index in [1.54, 1.807) is 6.07 Å². The largest absolute Gasteiger partial charge is 0.381 e. The summed E-state index contributed by atoms with van der Waals surface area (Å²) in [6.45, 7) is 1.58. The van der Waals surface area contributed by atoms with Crippen molar-refractivity contribution >= 4 is 17.3 Å². The van der Waals surface area contributed by atoms with Gasteiger partial charge in [0.05, 0.1) is 16.3 Å². The summed E-state index contributed by atoms with van der Waals surface area (Å²) < 4.78 is 5.35. The van der Waals surface area contributed by atoms with Gasteiger partial charge in [0.15, 0.2) is 0 Å². The van der Waals surface area contributed by atoms with E-state index < -0.39 is 0 Å². The number of hydrogen-bond acceptors (Lipinski definition) is 3. The Balaban J connectivity index is 2.27. The number of nitrogens with zero attached hydrogens (tertiary/aromatic N) is 2. The summed E-state index contributed by atoms with van der Waals surface area (Å²) in [5, 5.41) is 9.68. The van der Waals surface area contributed by atoms with Crippen molar-refractivity contribution in [2.75, 3.05) is 25.2 Å². The molecule has 0 aromatic heterocycles. The summed E-state index contributed by atoms with van der Waals surface area (Å²) in [4.78, 5) is 2.15. The fourth-order valence-electron chi connectivity index (χ4n) is 2.19. The lowest BCUT2D eigenvalue weighted by Crippen LogP contribution is -2.37. The van der Waals surface area contributed by atoms with Gasteiger partial charge in [-0.3, -0.25) is 0 Å². The van der Waals surface area contributed by atoms with E-state index in [9.17, 15) is 0 Å². The highest BCUT2D eigenvalue weighted by atomic mass is 35.5. The van der Waals surface area contributed by atoms with Crippen LogP contribution in [-0.2, 0) is 4.74 Å². The molecule has 2 rings (SSSR count). The minimum atomic E-state index is 0.425. The SMILES string of the molecule is CN(c1cccc(Cl)c1C#N)C1CCOCC1. The van der Waals surface area contributed by atoms with Crippen molar-refractivity contribution in [3.8, 4) is 6.07 Å². The van der Waals surface area contributed by atoms with Gasteiger partial charge in [-0.15, -0.1) is 0 Å². The molecule has 1 aliphatic heterocycles. The molecule has 0 aliphatic carbocycles. The Morgan fingerprint density at radius 1 is 1.41 bits per heavy atom. The third-order valence-corrected chi connectivity index (χ3v) is 3.54. The zero-order valence-corrected chi connectivity index (χ0v) is 10.6. The van der Waals surface area contributed by atoms with Crippen LogP contribution < -0.4 is 4.90 Å². The molecule has 3 nitrogen and oxygen atoms in total. The average Bonchev–Trinajstić information content (AvgIpc) is 2.38. The predicted molar refractivity (Wildman–Crippen MR) is 68.4 cm³/mol. The van der Waals surface area contributed by atoms with Crippen LogP contribution in [0.3, 0.4) is 0 Å². The zero-order chi connectivity index (χ0) is 12.3. The maximum absolute atomic E-state index is 9.16. The van der Waals surface area contributed by atoms with E-state index in [2.05, 4.69) is 11.0 Å². The van der Waals surface area contributed by atoms with Gasteiger partial charge in [-0.2, -0.15) is 5.26 Å². The van der Waals surface area contributed by atoms with Gasteiger partial charge in [0.1, 0.15) is 6.07 Å². The van der Waals surface area contributed by atoms with Crippen LogP contribution in [-0.4, -0.2) is 26.3 Å². The minimum absolute atomic E-state index is 0.425. The summed E-state index contributed by atoms with van der Waals surface area (Å²) in [7, 11) is 2.02. The van der Waals surface area contributed by atoms with E-state index in [0.717, 1.165) is 31.7 Å². The molecule has 0 unspecified atom stereocenters. The number of nitriles is 1. The Hall–Kier alpha value is -1.24. The van der Waals surface area contributed by atoms with E-state index in [-0.39, 0.29) is 0 Å². The Morgan fingerprint density at radius 3 is 2.76 bits per heavy atom. The lowest BCUT2D eigenvalue weighted by atomic mass is 10.1. The third-order valence-electron chi connectivity index (χ3n) is 3.22. The first kappa shape index (κ1) is 12.2. The van der Waals surface area contributed by atoms with Crippen molar-refractivity contribution in [2.45, 2.75) is 18.9 Å². The molecule has 0 radical (unpaired) electrons. The van der Waals surface area contributed by atoms with Crippen LogP contribution in [0.15, 0.2) is 18.2 Å². The fourth-order valence-corrected chi connectivity index (χ4v) is 2.40. The predicted octanol–water partition coefficient (Wildman–Crippen LogP) is 2.83. The highest BCUT2D eigenvalue weighted by Crippen LogP contribution is 2.29. The molecule has 0 spiro atoms. The molecule has 4 heteroatoms. The van der Waals surface area contributed by atoms with Crippen LogP contribution in [0.5, 0.6) is 0 Å². The number of benzene rings is 1. The van der Waals surface area contributed by atoms with Crippen molar-refractivity contribution in [1.29, 1.82) is 5.26 Å². The van der Waals surface area contributed by atoms with Crippen LogP contribution in [0.25, 0.3) is 0 Å². The Kier molecular flexibility index (Phi) is 3.88. The Labute approximate surface area is 107 Å². The molecule has 90 valence electrons. The summed E-state index contributed by atoms with van der Waals surface area (Å²) >= 11 is 6.04. The number of ether oxygens (including phenoxy) is 1. The van der Waals surface area contributed by atoms with Crippen LogP contribution in [0, 0.1) is 11.3 Å². The van der Waals surface area contributed by atoms with E-state index in [0.29, 0.717) is 16.6 Å². The van der Waals surface area contributed by atoms with Crippen LogP contribution in [0.4, 0.5) is 5.69 Å². The maximum atomic E-state index is 9.16. The molecule has 1 heterocycles. The van der Waals surface area contributed by atoms with E-state index in [1.165, 1.54) is 0 Å². The van der Waals surface area contributed by atoms with Gasteiger partial charge >= 0.3 is 0 Å². The van der Waals surface area contributed by atoms with Crippen LogP contribution >= 0.6 is 11.6 Å². The first-order chi connectivity index (χ1) is 8.24. The quantitative estimate of drug-likeness (QED) is 0.810. The number of halogens is 1. The van der Waals surface area contributed by atoms with Crippen molar-refractivity contribution in [2.24, 2.45) is 0 Å². The zero-order valence-electron chi connectivity index (χ0n) is 9.82. The first-order valence-electron chi connectivity index (χ1n) is 5.73. The number of anilines is 1. The summed E-state index contributed by atoms with van der Waals surface area (Å²) in [6.07, 6.45) is 1.99. The number of rotatable bonds is 2. The highest BCUT2D eigenvalue weighted by Gasteiger charge is 2.21. The van der Waals surface area contributed by atoms with Crippen LogP contribution in [0.2, 0.25) is 5.02 Å². The summed E-state index contributed by atoms with van der Waals surface area (Å²) in [5.74, 6) is 0. The Morgan fingerprint density at radius 2 is 2.12 bits per heavy atom. The van der Waals surface area contributed by atoms with E-state index >= 15 is 0 Å². The fraction of sp³-hybridized carbons (Fsp3) is 0.462. The Bertz CT molecular complexity index is 436. The van der Waals surface area contributed by atoms with Gasteiger partial charge in [-0.05, 0) is 25.0 Å². The monoisotopic (exact) mass is 250 g/mol. The molecule has 0 saturated carbocycles. The maximum Gasteiger partial charge on any atom is 0.103 e. The normalized spacial score (nSPS) is 16.5. The second kappa shape index (κ2) is 5.39. The van der Waals surface area contributed by atoms with Gasteiger partial charge in [0, 0.05) is 26.3 Å². The molecule has 1 saturated heterocycles. The standard InChI is InChI=1S/C13H15ClN2O/c1-16(10-5-7-17-8-6-10)13-4-2-3-12(14)11(13)9-15/h2-4,10H,5-8H2,1H3. The second-order valence-corrected chi connectivity index (χ2v) is 4.61. The first-order valence-corrected chi connectivity index (χ1v) is 6.11. The summed E-state index contributed by atoms with van der Waals surface area (Å²) in [5.41, 5.74) is 1.47. The molecule has 0 N–H and O–H groups in total. The third kappa shape index (κ3) is 2.54. The average molecular weight is 251 g/mol. The molecule has 0 bridgehead atoms. The molecule has 1 aromatic rings. The van der Waals surface area contributed by atoms with Gasteiger partial charge in [-0.1, -0.05) is 17.7 Å². The van der Waals surface area contributed by atoms with Gasteiger partial charge in [0.25, 0.3) is 0 Å². The van der Waals surface area contributed by atoms with Gasteiger partial charge in [0.2, 0.25) is 0 Å². The van der Waals surface area contributed by atoms with E-state index in [1.807, 2.05) is 19.2 Å². The van der Waals surface area contributed by atoms with E-state index in [4.69, 9.17) is 21.6 Å². The molecule has 0 atom stereocenters. The molecule has 1 aliphatic rings. The van der Waals surface area contributed by atoms with Crippen LogP contribution in [0.1, 0.15) is 18.4 Å². The molecule has 17 heavy (non-hydrogen) atoms. The van der Waals surface area contributed by atoms with Crippen molar-refractivity contribution in [1.82, 2.24) is 0 Å².